The normalized spacial score (nSPS) is 20.6. The molecule has 2 aliphatic heterocycles. The van der Waals surface area contributed by atoms with Gasteiger partial charge in [-0.15, -0.1) is 0 Å². The molecule has 0 bridgehead atoms. The van der Waals surface area contributed by atoms with E-state index in [0.717, 1.165) is 15.9 Å². The van der Waals surface area contributed by atoms with Crippen molar-refractivity contribution in [1.82, 2.24) is 10.2 Å². The largest absolute Gasteiger partial charge is 1.00 e. The summed E-state index contributed by atoms with van der Waals surface area (Å²) in [6, 6.07) is 39.5. The molecule has 4 atom stereocenters. The van der Waals surface area contributed by atoms with E-state index in [4.69, 9.17) is 4.74 Å². The Hall–Kier alpha value is -3.75. The summed E-state index contributed by atoms with van der Waals surface area (Å²) < 4.78 is 20.7. The van der Waals surface area contributed by atoms with E-state index in [2.05, 4.69) is 41.7 Å². The van der Waals surface area contributed by atoms with Crippen molar-refractivity contribution in [3.8, 4) is 0 Å². The second kappa shape index (κ2) is 14.4. The lowest BCUT2D eigenvalue weighted by molar-refractivity contribution is -0.158. The fraction of sp³-hybridized carbons (Fsp3) is 0.237. The van der Waals surface area contributed by atoms with Gasteiger partial charge in [-0.1, -0.05) is 84.9 Å². The van der Waals surface area contributed by atoms with E-state index in [9.17, 15) is 18.9 Å². The molecule has 7 nitrogen and oxygen atoms in total. The van der Waals surface area contributed by atoms with E-state index >= 15 is 0 Å². The SMILES string of the molecule is CC(=O)NC1C(C[P+](c2ccccc2)(c2ccccc2)c2ccccc2)=C(C(=O)OC(C)(C)C)N2C(=O)[C@@H](c3ccccc3)[C@H]2[S@@+]1[O-].[Br-]. The van der Waals surface area contributed by atoms with Gasteiger partial charge in [-0.25, -0.2) is 4.79 Å². The minimum atomic E-state index is -2.66. The van der Waals surface area contributed by atoms with Gasteiger partial charge in [0.1, 0.15) is 46.6 Å². The smallest absolute Gasteiger partial charge is 0.356 e. The zero-order chi connectivity index (χ0) is 33.3. The summed E-state index contributed by atoms with van der Waals surface area (Å²) in [6.45, 7) is 6.70. The fourth-order valence-electron chi connectivity index (χ4n) is 6.53. The number of nitrogens with zero attached hydrogens (tertiary/aromatic N) is 1. The molecule has 248 valence electrons. The van der Waals surface area contributed by atoms with E-state index < -0.39 is 46.7 Å². The number of carbonyl (C=O) groups excluding carboxylic acids is 3. The zero-order valence-electron chi connectivity index (χ0n) is 27.2. The number of hydrogen-bond donors (Lipinski definition) is 1. The van der Waals surface area contributed by atoms with Gasteiger partial charge < -0.3 is 31.6 Å². The first-order valence-corrected chi connectivity index (χ1v) is 18.8. The van der Waals surface area contributed by atoms with Crippen LogP contribution in [0.25, 0.3) is 0 Å². The quantitative estimate of drug-likeness (QED) is 0.129. The Kier molecular flexibility index (Phi) is 10.7. The lowest BCUT2D eigenvalue weighted by atomic mass is 9.88. The first kappa shape index (κ1) is 35.6. The number of fused-ring (bicyclic) bond motifs is 1. The maximum Gasteiger partial charge on any atom is 0.356 e. The predicted octanol–water partition coefficient (Wildman–Crippen LogP) is 1.76. The predicted molar refractivity (Wildman–Crippen MR) is 188 cm³/mol. The topological polar surface area (TPSA) is 98.8 Å². The van der Waals surface area contributed by atoms with Crippen molar-refractivity contribution >= 4 is 52.1 Å². The van der Waals surface area contributed by atoms with Crippen LogP contribution in [0, 0.1) is 0 Å². The molecule has 48 heavy (non-hydrogen) atoms. The minimum absolute atomic E-state index is 0. The second-order valence-electron chi connectivity index (χ2n) is 12.7. The first-order chi connectivity index (χ1) is 22.5. The Bertz CT molecular complexity index is 1710. The van der Waals surface area contributed by atoms with Crippen LogP contribution in [0.4, 0.5) is 0 Å². The summed E-state index contributed by atoms with van der Waals surface area (Å²) in [7, 11) is -2.66. The number of rotatable bonds is 8. The molecule has 10 heteroatoms. The number of benzene rings is 4. The Morgan fingerprint density at radius 3 is 1.67 bits per heavy atom. The number of ether oxygens (including phenoxy) is 1. The van der Waals surface area contributed by atoms with Gasteiger partial charge in [0.05, 0.1) is 5.57 Å². The summed E-state index contributed by atoms with van der Waals surface area (Å²) in [6.07, 6.45) is 0.239. The van der Waals surface area contributed by atoms with Gasteiger partial charge in [-0.2, -0.15) is 0 Å². The van der Waals surface area contributed by atoms with Crippen LogP contribution < -0.4 is 38.2 Å². The van der Waals surface area contributed by atoms with Crippen LogP contribution in [0.3, 0.4) is 0 Å². The molecule has 4 aromatic rings. The van der Waals surface area contributed by atoms with Crippen molar-refractivity contribution < 1.29 is 40.7 Å². The van der Waals surface area contributed by atoms with E-state index in [-0.39, 0.29) is 40.7 Å². The molecule has 6 rings (SSSR count). The molecule has 1 N–H and O–H groups in total. The molecule has 0 saturated carbocycles. The maximum atomic E-state index is 14.7. The Morgan fingerprint density at radius 2 is 1.25 bits per heavy atom. The molecule has 0 radical (unpaired) electrons. The molecule has 4 aromatic carbocycles. The number of amides is 2. The van der Waals surface area contributed by atoms with Crippen LogP contribution in [0.5, 0.6) is 0 Å². The monoisotopic (exact) mass is 744 g/mol. The molecule has 1 unspecified atom stereocenters. The van der Waals surface area contributed by atoms with E-state index in [1.807, 2.05) is 84.9 Å². The number of hydrogen-bond acceptors (Lipinski definition) is 5. The highest BCUT2D eigenvalue weighted by atomic mass is 79.9. The molecule has 1 saturated heterocycles. The van der Waals surface area contributed by atoms with E-state index in [1.54, 1.807) is 20.8 Å². The summed E-state index contributed by atoms with van der Waals surface area (Å²) in [4.78, 5) is 42.7. The Labute approximate surface area is 296 Å². The number of carbonyl (C=O) groups is 3. The highest BCUT2D eigenvalue weighted by Gasteiger charge is 2.65. The van der Waals surface area contributed by atoms with Crippen molar-refractivity contribution in [2.75, 3.05) is 6.16 Å². The second-order valence-corrected chi connectivity index (χ2v) is 17.8. The number of halogens is 1. The molecule has 0 aliphatic carbocycles. The number of esters is 1. The van der Waals surface area contributed by atoms with Crippen molar-refractivity contribution in [1.29, 1.82) is 0 Å². The standard InChI is InChI=1S/C38H37N2O5PS.BrH/c1-26(41)39-34-31(25-46(28-19-11-6-12-20-28,29-21-13-7-14-22-29)30-23-15-8-16-24-30)33(37(43)45-38(2,3)4)40-35(42)32(36(40)47(34)44)27-17-9-5-10-18-27;/h5-24,32,34,36H,25H2,1-4H3;1H/t32-,34?,36-,47+;/m1./s1. The van der Waals surface area contributed by atoms with Crippen molar-refractivity contribution in [3.63, 3.8) is 0 Å². The number of β-lactam (4-membered cyclic amide) rings is 1. The lowest BCUT2D eigenvalue weighted by Crippen LogP contribution is -3.00. The van der Waals surface area contributed by atoms with Crippen molar-refractivity contribution in [2.45, 2.75) is 50.0 Å². The number of nitrogens with one attached hydrogen (secondary N) is 1. The third-order valence-corrected chi connectivity index (χ3v) is 14.6. The van der Waals surface area contributed by atoms with Gasteiger partial charge in [0, 0.05) is 18.1 Å². The molecule has 1 fully saturated rings. The highest BCUT2D eigenvalue weighted by Crippen LogP contribution is 2.59. The molecular weight excluding hydrogens is 707 g/mol. The average Bonchev–Trinajstić information content (AvgIpc) is 3.06. The summed E-state index contributed by atoms with van der Waals surface area (Å²) >= 11 is -1.81. The van der Waals surface area contributed by atoms with Crippen LogP contribution in [-0.4, -0.2) is 49.7 Å². The fourth-order valence-corrected chi connectivity index (χ4v) is 13.0. The average molecular weight is 746 g/mol. The highest BCUT2D eigenvalue weighted by molar-refractivity contribution is 7.96. The van der Waals surface area contributed by atoms with E-state index in [0.29, 0.717) is 11.1 Å². The van der Waals surface area contributed by atoms with Gasteiger partial charge >= 0.3 is 5.97 Å². The Balaban J connectivity index is 0.00000451. The molecule has 0 spiro atoms. The van der Waals surface area contributed by atoms with E-state index in [1.165, 1.54) is 11.8 Å². The van der Waals surface area contributed by atoms with Gasteiger partial charge in [0.15, 0.2) is 0 Å². The molecule has 2 aliphatic rings. The van der Waals surface area contributed by atoms with Crippen LogP contribution in [0.1, 0.15) is 39.2 Å². The lowest BCUT2D eigenvalue weighted by Gasteiger charge is -2.52. The Morgan fingerprint density at radius 1 is 0.812 bits per heavy atom. The van der Waals surface area contributed by atoms with Crippen LogP contribution in [-0.2, 0) is 30.3 Å². The summed E-state index contributed by atoms with van der Waals surface area (Å²) in [5.74, 6) is -2.12. The molecule has 0 aromatic heterocycles. The molecular formula is C38H38BrN2O5PS. The van der Waals surface area contributed by atoms with Gasteiger partial charge in [0.2, 0.25) is 22.6 Å². The van der Waals surface area contributed by atoms with Gasteiger partial charge in [-0.3, -0.25) is 14.5 Å². The van der Waals surface area contributed by atoms with Crippen LogP contribution in [0.15, 0.2) is 133 Å². The van der Waals surface area contributed by atoms with Crippen molar-refractivity contribution in [2.24, 2.45) is 0 Å². The molecule has 2 heterocycles. The van der Waals surface area contributed by atoms with Gasteiger partial charge in [0.25, 0.3) is 0 Å². The van der Waals surface area contributed by atoms with Crippen molar-refractivity contribution in [3.05, 3.63) is 138 Å². The summed E-state index contributed by atoms with van der Waals surface area (Å²) in [5, 5.41) is 4.19. The van der Waals surface area contributed by atoms with Crippen LogP contribution >= 0.6 is 7.26 Å². The van der Waals surface area contributed by atoms with Gasteiger partial charge in [-0.05, 0) is 62.7 Å². The zero-order valence-corrected chi connectivity index (χ0v) is 30.5. The third kappa shape index (κ3) is 6.61. The molecule has 2 amide bonds. The summed E-state index contributed by atoms with van der Waals surface area (Å²) in [5.41, 5.74) is 0.323. The minimum Gasteiger partial charge on any atom is -1.00 e. The maximum absolute atomic E-state index is 14.7. The third-order valence-electron chi connectivity index (χ3n) is 8.46. The first-order valence-electron chi connectivity index (χ1n) is 15.6. The van der Waals surface area contributed by atoms with Crippen LogP contribution in [0.2, 0.25) is 0 Å².